The molecule has 1 aliphatic rings. The van der Waals surface area contributed by atoms with Gasteiger partial charge in [0.15, 0.2) is 6.10 Å². The van der Waals surface area contributed by atoms with Crippen molar-refractivity contribution >= 4 is 29.2 Å². The van der Waals surface area contributed by atoms with Gasteiger partial charge in [-0.1, -0.05) is 13.8 Å². The lowest BCUT2D eigenvalue weighted by Gasteiger charge is -2.12. The number of aliphatic carboxylic acids is 1. The van der Waals surface area contributed by atoms with E-state index in [1.54, 1.807) is 24.3 Å². The number of nitrogens with one attached hydrogen (secondary N) is 2. The van der Waals surface area contributed by atoms with Crippen molar-refractivity contribution in [2.24, 2.45) is 5.92 Å². The van der Waals surface area contributed by atoms with Crippen LogP contribution < -0.4 is 10.6 Å². The molecule has 1 aromatic carbocycles. The van der Waals surface area contributed by atoms with Gasteiger partial charge in [-0.3, -0.25) is 9.59 Å². The fraction of sp³-hybridized carbons (Fsp3) is 0.471. The summed E-state index contributed by atoms with van der Waals surface area (Å²) in [5.74, 6) is -1.19. The second-order valence-corrected chi connectivity index (χ2v) is 6.24. The Labute approximate surface area is 140 Å². The molecule has 7 heteroatoms. The molecule has 2 rings (SSSR count). The van der Waals surface area contributed by atoms with Gasteiger partial charge < -0.3 is 20.5 Å². The van der Waals surface area contributed by atoms with E-state index in [2.05, 4.69) is 10.6 Å². The van der Waals surface area contributed by atoms with Crippen molar-refractivity contribution in [3.05, 3.63) is 24.3 Å². The summed E-state index contributed by atoms with van der Waals surface area (Å²) in [5.41, 5.74) is 1.21. The maximum absolute atomic E-state index is 12.1. The molecular formula is C17H22N2O5. The molecule has 1 saturated heterocycles. The molecule has 2 atom stereocenters. The van der Waals surface area contributed by atoms with Crippen LogP contribution >= 0.6 is 0 Å². The predicted octanol–water partition coefficient (Wildman–Crippen LogP) is 2.24. The molecule has 0 aliphatic carbocycles. The van der Waals surface area contributed by atoms with Crippen molar-refractivity contribution in [3.8, 4) is 0 Å². The number of carbonyl (C=O) groups excluding carboxylic acids is 2. The zero-order valence-corrected chi connectivity index (χ0v) is 13.7. The average molecular weight is 334 g/mol. The van der Waals surface area contributed by atoms with Gasteiger partial charge in [-0.25, -0.2) is 4.79 Å². The Morgan fingerprint density at radius 2 is 1.62 bits per heavy atom. The largest absolute Gasteiger partial charge is 0.479 e. The number of anilines is 2. The molecule has 0 bridgehead atoms. The lowest BCUT2D eigenvalue weighted by atomic mass is 10.1. The van der Waals surface area contributed by atoms with Crippen LogP contribution in [0.2, 0.25) is 0 Å². The minimum atomic E-state index is -1.05. The predicted molar refractivity (Wildman–Crippen MR) is 88.7 cm³/mol. The maximum Gasteiger partial charge on any atom is 0.332 e. The Kier molecular flexibility index (Phi) is 5.92. The van der Waals surface area contributed by atoms with Gasteiger partial charge in [-0.05, 0) is 43.0 Å². The second-order valence-electron chi connectivity index (χ2n) is 6.24. The van der Waals surface area contributed by atoms with E-state index in [0.29, 0.717) is 30.6 Å². The third-order valence-corrected chi connectivity index (χ3v) is 3.62. The number of hydrogen-bond donors (Lipinski definition) is 3. The highest BCUT2D eigenvalue weighted by Crippen LogP contribution is 2.22. The van der Waals surface area contributed by atoms with E-state index >= 15 is 0 Å². The zero-order chi connectivity index (χ0) is 17.7. The minimum Gasteiger partial charge on any atom is -0.479 e. The molecule has 1 fully saturated rings. The highest BCUT2D eigenvalue weighted by Gasteiger charge is 2.34. The molecule has 1 aromatic rings. The second kappa shape index (κ2) is 7.92. The van der Waals surface area contributed by atoms with Crippen LogP contribution in [-0.2, 0) is 19.1 Å². The molecule has 24 heavy (non-hydrogen) atoms. The quantitative estimate of drug-likeness (QED) is 0.740. The van der Waals surface area contributed by atoms with Crippen molar-refractivity contribution in [2.45, 2.75) is 45.3 Å². The van der Waals surface area contributed by atoms with Crippen molar-refractivity contribution < 1.29 is 24.2 Å². The van der Waals surface area contributed by atoms with E-state index in [0.717, 1.165) is 0 Å². The van der Waals surface area contributed by atoms with Gasteiger partial charge in [0.1, 0.15) is 6.10 Å². The summed E-state index contributed by atoms with van der Waals surface area (Å²) < 4.78 is 5.20. The van der Waals surface area contributed by atoms with Gasteiger partial charge in [0.25, 0.3) is 5.91 Å². The molecule has 0 unspecified atom stereocenters. The van der Waals surface area contributed by atoms with Crippen molar-refractivity contribution in [3.63, 3.8) is 0 Å². The van der Waals surface area contributed by atoms with E-state index in [1.165, 1.54) is 0 Å². The first kappa shape index (κ1) is 17.9. The molecule has 130 valence electrons. The first-order valence-electron chi connectivity index (χ1n) is 7.94. The van der Waals surface area contributed by atoms with Gasteiger partial charge >= 0.3 is 5.97 Å². The van der Waals surface area contributed by atoms with Crippen LogP contribution in [-0.4, -0.2) is 35.1 Å². The molecule has 0 saturated carbocycles. The van der Waals surface area contributed by atoms with E-state index in [9.17, 15) is 14.4 Å². The summed E-state index contributed by atoms with van der Waals surface area (Å²) >= 11 is 0. The molecule has 1 heterocycles. The van der Waals surface area contributed by atoms with Crippen molar-refractivity contribution in [1.29, 1.82) is 0 Å². The number of benzene rings is 1. The lowest BCUT2D eigenvalue weighted by Crippen LogP contribution is -2.29. The Morgan fingerprint density at radius 3 is 2.12 bits per heavy atom. The number of carbonyl (C=O) groups is 3. The fourth-order valence-corrected chi connectivity index (χ4v) is 2.45. The Hall–Kier alpha value is -2.41. The van der Waals surface area contributed by atoms with E-state index in [-0.39, 0.29) is 17.7 Å². The van der Waals surface area contributed by atoms with Crippen LogP contribution in [0, 0.1) is 5.92 Å². The number of ether oxygens (including phenoxy) is 1. The summed E-state index contributed by atoms with van der Waals surface area (Å²) in [5, 5.41) is 14.3. The topological polar surface area (TPSA) is 105 Å². The van der Waals surface area contributed by atoms with Gasteiger partial charge in [0, 0.05) is 17.8 Å². The summed E-state index contributed by atoms with van der Waals surface area (Å²) in [6.07, 6.45) is -0.515. The molecule has 1 aliphatic heterocycles. The van der Waals surface area contributed by atoms with Crippen molar-refractivity contribution in [1.82, 2.24) is 0 Å². The highest BCUT2D eigenvalue weighted by atomic mass is 16.5. The number of carboxylic acids is 1. The normalized spacial score (nSPS) is 20.0. The first-order valence-corrected chi connectivity index (χ1v) is 7.94. The zero-order valence-electron chi connectivity index (χ0n) is 13.7. The third kappa shape index (κ3) is 5.06. The van der Waals surface area contributed by atoms with Crippen LogP contribution in [0.15, 0.2) is 24.3 Å². The summed E-state index contributed by atoms with van der Waals surface area (Å²) in [4.78, 5) is 34.6. The van der Waals surface area contributed by atoms with Gasteiger partial charge in [-0.2, -0.15) is 0 Å². The SMILES string of the molecule is CC(C)CC(=O)Nc1ccc(NC(=O)[C@@H]2CC[C@H](C(=O)O)O2)cc1. The minimum absolute atomic E-state index is 0.0548. The lowest BCUT2D eigenvalue weighted by molar-refractivity contribution is -0.150. The Balaban J connectivity index is 1.86. The highest BCUT2D eigenvalue weighted by molar-refractivity contribution is 5.95. The van der Waals surface area contributed by atoms with Crippen molar-refractivity contribution in [2.75, 3.05) is 10.6 Å². The van der Waals surface area contributed by atoms with Crippen LogP contribution in [0.25, 0.3) is 0 Å². The van der Waals surface area contributed by atoms with E-state index in [1.807, 2.05) is 13.8 Å². The monoisotopic (exact) mass is 334 g/mol. The van der Waals surface area contributed by atoms with Gasteiger partial charge in [0.2, 0.25) is 5.91 Å². The van der Waals surface area contributed by atoms with Crippen LogP contribution in [0.1, 0.15) is 33.1 Å². The summed E-state index contributed by atoms with van der Waals surface area (Å²) in [6.45, 7) is 3.94. The van der Waals surface area contributed by atoms with Gasteiger partial charge in [0.05, 0.1) is 0 Å². The molecule has 0 radical (unpaired) electrons. The smallest absolute Gasteiger partial charge is 0.332 e. The Bertz CT molecular complexity index is 612. The number of hydrogen-bond acceptors (Lipinski definition) is 4. The molecule has 3 N–H and O–H groups in total. The number of rotatable bonds is 6. The fourth-order valence-electron chi connectivity index (χ4n) is 2.45. The molecule has 0 spiro atoms. The van der Waals surface area contributed by atoms with Crippen LogP contribution in [0.5, 0.6) is 0 Å². The maximum atomic E-state index is 12.1. The van der Waals surface area contributed by atoms with Gasteiger partial charge in [-0.15, -0.1) is 0 Å². The Morgan fingerprint density at radius 1 is 1.08 bits per heavy atom. The van der Waals surface area contributed by atoms with E-state index < -0.39 is 18.2 Å². The molecule has 7 nitrogen and oxygen atoms in total. The van der Waals surface area contributed by atoms with Crippen LogP contribution in [0.4, 0.5) is 11.4 Å². The summed E-state index contributed by atoms with van der Waals surface area (Å²) in [7, 11) is 0. The molecule has 0 aromatic heterocycles. The standard InChI is InChI=1S/C17H22N2O5/c1-10(2)9-15(20)18-11-3-5-12(6-4-11)19-16(21)13-7-8-14(24-13)17(22)23/h3-6,10,13-14H,7-9H2,1-2H3,(H,18,20)(H,19,21)(H,22,23)/t13-,14+/m0/s1. The first-order chi connectivity index (χ1) is 11.3. The van der Waals surface area contributed by atoms with Crippen LogP contribution in [0.3, 0.4) is 0 Å². The number of carboxylic acid groups (broad SMARTS) is 1. The molecular weight excluding hydrogens is 312 g/mol. The third-order valence-electron chi connectivity index (χ3n) is 3.62. The average Bonchev–Trinajstić information content (AvgIpc) is 2.98. The van der Waals surface area contributed by atoms with E-state index in [4.69, 9.17) is 9.84 Å². The number of amides is 2. The summed E-state index contributed by atoms with van der Waals surface area (Å²) in [6, 6.07) is 6.74. The molecule has 2 amide bonds.